The minimum atomic E-state index is 0.0230. The van der Waals surface area contributed by atoms with Gasteiger partial charge in [-0.1, -0.05) is 12.1 Å². The molecule has 0 aliphatic heterocycles. The summed E-state index contributed by atoms with van der Waals surface area (Å²) in [4.78, 5) is 11.4. The molecule has 0 bridgehead atoms. The maximum absolute atomic E-state index is 11.4. The molecule has 0 saturated heterocycles. The molecule has 84 valence electrons. The topological polar surface area (TPSA) is 67.5 Å². The lowest BCUT2D eigenvalue weighted by atomic mass is 10.1. The lowest BCUT2D eigenvalue weighted by Crippen LogP contribution is -2.20. The van der Waals surface area contributed by atoms with Crippen LogP contribution in [-0.2, 0) is 4.79 Å². The maximum Gasteiger partial charge on any atom is 0.243 e. The number of hydrogen-bond donors (Lipinski definition) is 2. The zero-order valence-corrected chi connectivity index (χ0v) is 9.23. The van der Waals surface area contributed by atoms with E-state index in [1.54, 1.807) is 0 Å². The SMILES string of the molecule is CC(=NNC(=O)C1CC1)c1ccc(N)cc1. The molecule has 1 fully saturated rings. The van der Waals surface area contributed by atoms with Crippen molar-refractivity contribution in [3.8, 4) is 0 Å². The Kier molecular flexibility index (Phi) is 2.90. The molecule has 1 aliphatic carbocycles. The van der Waals surface area contributed by atoms with E-state index in [2.05, 4.69) is 10.5 Å². The van der Waals surface area contributed by atoms with Gasteiger partial charge in [0.15, 0.2) is 0 Å². The Bertz CT molecular complexity index is 418. The number of hydrazone groups is 1. The Morgan fingerprint density at radius 2 is 2.00 bits per heavy atom. The summed E-state index contributed by atoms with van der Waals surface area (Å²) in [5, 5.41) is 4.06. The van der Waals surface area contributed by atoms with E-state index >= 15 is 0 Å². The second kappa shape index (κ2) is 4.35. The minimum absolute atomic E-state index is 0.0230. The fourth-order valence-corrected chi connectivity index (χ4v) is 1.36. The highest BCUT2D eigenvalue weighted by Gasteiger charge is 2.29. The van der Waals surface area contributed by atoms with Crippen molar-refractivity contribution in [2.24, 2.45) is 11.0 Å². The molecular formula is C12H15N3O. The molecule has 0 radical (unpaired) electrons. The largest absolute Gasteiger partial charge is 0.399 e. The zero-order chi connectivity index (χ0) is 11.5. The number of hydrogen-bond acceptors (Lipinski definition) is 3. The lowest BCUT2D eigenvalue weighted by Gasteiger charge is -2.02. The van der Waals surface area contributed by atoms with Crippen molar-refractivity contribution < 1.29 is 4.79 Å². The molecular weight excluding hydrogens is 202 g/mol. The maximum atomic E-state index is 11.4. The van der Waals surface area contributed by atoms with Gasteiger partial charge in [0.1, 0.15) is 0 Å². The summed E-state index contributed by atoms with van der Waals surface area (Å²) in [6, 6.07) is 7.41. The van der Waals surface area contributed by atoms with Gasteiger partial charge in [0.25, 0.3) is 0 Å². The molecule has 0 unspecified atom stereocenters. The highest BCUT2D eigenvalue weighted by atomic mass is 16.2. The van der Waals surface area contributed by atoms with Crippen LogP contribution in [0.2, 0.25) is 0 Å². The number of nitrogens with one attached hydrogen (secondary N) is 1. The first kappa shape index (κ1) is 10.7. The zero-order valence-electron chi connectivity index (χ0n) is 9.23. The predicted molar refractivity (Wildman–Crippen MR) is 63.9 cm³/mol. The number of benzene rings is 1. The van der Waals surface area contributed by atoms with Gasteiger partial charge in [-0.05, 0) is 37.5 Å². The molecule has 2 rings (SSSR count). The summed E-state index contributed by atoms with van der Waals surface area (Å²) in [5.41, 5.74) is 10.6. The first-order valence-electron chi connectivity index (χ1n) is 5.37. The highest BCUT2D eigenvalue weighted by Crippen LogP contribution is 2.28. The van der Waals surface area contributed by atoms with E-state index in [1.165, 1.54) is 0 Å². The Morgan fingerprint density at radius 3 is 2.56 bits per heavy atom. The monoisotopic (exact) mass is 217 g/mol. The Labute approximate surface area is 94.5 Å². The number of carbonyl (C=O) groups is 1. The second-order valence-corrected chi connectivity index (χ2v) is 4.07. The Hall–Kier alpha value is -1.84. The average molecular weight is 217 g/mol. The van der Waals surface area contributed by atoms with E-state index in [0.717, 1.165) is 29.8 Å². The van der Waals surface area contributed by atoms with Crippen LogP contribution in [-0.4, -0.2) is 11.6 Å². The van der Waals surface area contributed by atoms with Crippen LogP contribution in [0.1, 0.15) is 25.3 Å². The van der Waals surface area contributed by atoms with Crippen LogP contribution < -0.4 is 11.2 Å². The number of nitrogens with two attached hydrogens (primary N) is 1. The average Bonchev–Trinajstić information content (AvgIpc) is 3.10. The highest BCUT2D eigenvalue weighted by molar-refractivity contribution is 5.99. The van der Waals surface area contributed by atoms with E-state index in [4.69, 9.17) is 5.73 Å². The van der Waals surface area contributed by atoms with Crippen LogP contribution >= 0.6 is 0 Å². The predicted octanol–water partition coefficient (Wildman–Crippen LogP) is 1.52. The van der Waals surface area contributed by atoms with Gasteiger partial charge in [0.2, 0.25) is 5.91 Å². The fraction of sp³-hybridized carbons (Fsp3) is 0.333. The van der Waals surface area contributed by atoms with E-state index in [-0.39, 0.29) is 11.8 Å². The molecule has 4 nitrogen and oxygen atoms in total. The van der Waals surface area contributed by atoms with E-state index < -0.39 is 0 Å². The summed E-state index contributed by atoms with van der Waals surface area (Å²) in [7, 11) is 0. The van der Waals surface area contributed by atoms with Crippen LogP contribution in [0.4, 0.5) is 5.69 Å². The molecule has 0 spiro atoms. The molecule has 0 aromatic heterocycles. The van der Waals surface area contributed by atoms with Crippen molar-refractivity contribution in [1.82, 2.24) is 5.43 Å². The quantitative estimate of drug-likeness (QED) is 0.458. The van der Waals surface area contributed by atoms with Crippen LogP contribution in [0.15, 0.2) is 29.4 Å². The molecule has 4 heteroatoms. The van der Waals surface area contributed by atoms with E-state index in [1.807, 2.05) is 31.2 Å². The lowest BCUT2D eigenvalue weighted by molar-refractivity contribution is -0.122. The summed E-state index contributed by atoms with van der Waals surface area (Å²) in [5.74, 6) is 0.206. The summed E-state index contributed by atoms with van der Waals surface area (Å²) in [6.07, 6.45) is 1.98. The van der Waals surface area contributed by atoms with Crippen molar-refractivity contribution in [2.45, 2.75) is 19.8 Å². The Morgan fingerprint density at radius 1 is 1.38 bits per heavy atom. The molecule has 3 N–H and O–H groups in total. The van der Waals surface area contributed by atoms with Crippen LogP contribution in [0.5, 0.6) is 0 Å². The summed E-state index contributed by atoms with van der Waals surface area (Å²) >= 11 is 0. The molecule has 1 aromatic carbocycles. The van der Waals surface area contributed by atoms with Crippen molar-refractivity contribution in [3.05, 3.63) is 29.8 Å². The molecule has 0 atom stereocenters. The standard InChI is InChI=1S/C12H15N3O/c1-8(9-4-6-11(13)7-5-9)14-15-12(16)10-2-3-10/h4-7,10H,2-3,13H2,1H3,(H,15,16). The van der Waals surface area contributed by atoms with Gasteiger partial charge in [-0.15, -0.1) is 0 Å². The third-order valence-corrected chi connectivity index (χ3v) is 2.61. The molecule has 1 saturated carbocycles. The van der Waals surface area contributed by atoms with Gasteiger partial charge in [-0.3, -0.25) is 4.79 Å². The summed E-state index contributed by atoms with van der Waals surface area (Å²) < 4.78 is 0. The van der Waals surface area contributed by atoms with Crippen LogP contribution in [0.3, 0.4) is 0 Å². The van der Waals surface area contributed by atoms with Gasteiger partial charge in [-0.2, -0.15) is 5.10 Å². The van der Waals surface area contributed by atoms with Gasteiger partial charge in [0.05, 0.1) is 5.71 Å². The number of nitrogens with zero attached hydrogens (tertiary/aromatic N) is 1. The van der Waals surface area contributed by atoms with Crippen molar-refractivity contribution in [3.63, 3.8) is 0 Å². The van der Waals surface area contributed by atoms with E-state index in [0.29, 0.717) is 0 Å². The van der Waals surface area contributed by atoms with Crippen molar-refractivity contribution in [1.29, 1.82) is 0 Å². The summed E-state index contributed by atoms with van der Waals surface area (Å²) in [6.45, 7) is 1.86. The number of rotatable bonds is 3. The van der Waals surface area contributed by atoms with Crippen LogP contribution in [0, 0.1) is 5.92 Å². The van der Waals surface area contributed by atoms with Crippen molar-refractivity contribution in [2.75, 3.05) is 5.73 Å². The third-order valence-electron chi connectivity index (χ3n) is 2.61. The third kappa shape index (κ3) is 2.59. The second-order valence-electron chi connectivity index (χ2n) is 4.07. The first-order chi connectivity index (χ1) is 7.66. The number of carbonyl (C=O) groups excluding carboxylic acids is 1. The molecule has 1 amide bonds. The molecule has 1 aliphatic rings. The molecule has 16 heavy (non-hydrogen) atoms. The number of amides is 1. The van der Waals surface area contributed by atoms with Gasteiger partial charge < -0.3 is 5.73 Å². The minimum Gasteiger partial charge on any atom is -0.399 e. The van der Waals surface area contributed by atoms with Gasteiger partial charge >= 0.3 is 0 Å². The van der Waals surface area contributed by atoms with E-state index in [9.17, 15) is 4.79 Å². The normalized spacial score (nSPS) is 15.9. The first-order valence-corrected chi connectivity index (χ1v) is 5.37. The van der Waals surface area contributed by atoms with Crippen molar-refractivity contribution >= 4 is 17.3 Å². The smallest absolute Gasteiger partial charge is 0.243 e. The molecule has 0 heterocycles. The van der Waals surface area contributed by atoms with Gasteiger partial charge in [-0.25, -0.2) is 5.43 Å². The fourth-order valence-electron chi connectivity index (χ4n) is 1.36. The van der Waals surface area contributed by atoms with Gasteiger partial charge in [0, 0.05) is 11.6 Å². The Balaban J connectivity index is 2.00. The number of anilines is 1. The number of nitrogen functional groups attached to an aromatic ring is 1. The van der Waals surface area contributed by atoms with Crippen LogP contribution in [0.25, 0.3) is 0 Å². The molecule has 1 aromatic rings.